The highest BCUT2D eigenvalue weighted by atomic mass is 19.1. The Kier molecular flexibility index (Phi) is 2.95. The van der Waals surface area contributed by atoms with E-state index in [-0.39, 0.29) is 11.4 Å². The molecule has 0 amide bonds. The van der Waals surface area contributed by atoms with Gasteiger partial charge in [0.05, 0.1) is 23.8 Å². The van der Waals surface area contributed by atoms with Crippen LogP contribution < -0.4 is 11.3 Å². The number of nitrogen functional groups attached to an aromatic ring is 1. The first-order valence-electron chi connectivity index (χ1n) is 6.12. The van der Waals surface area contributed by atoms with Crippen molar-refractivity contribution in [1.82, 2.24) is 9.55 Å². The largest absolute Gasteiger partial charge is 0.399 e. The maximum atomic E-state index is 12.9. The number of hydrogen-bond donors (Lipinski definition) is 1. The van der Waals surface area contributed by atoms with Gasteiger partial charge in [-0.05, 0) is 35.9 Å². The van der Waals surface area contributed by atoms with E-state index in [1.807, 2.05) is 0 Å². The molecule has 100 valence electrons. The molecule has 4 nitrogen and oxygen atoms in total. The molecule has 0 atom stereocenters. The molecule has 1 heterocycles. The lowest BCUT2D eigenvalue weighted by Gasteiger charge is -2.07. The van der Waals surface area contributed by atoms with Crippen LogP contribution in [0.15, 0.2) is 53.6 Å². The lowest BCUT2D eigenvalue weighted by atomic mass is 10.2. The zero-order valence-electron chi connectivity index (χ0n) is 10.6. The average molecular weight is 269 g/mol. The lowest BCUT2D eigenvalue weighted by Crippen LogP contribution is -2.21. The molecule has 0 saturated carbocycles. The molecule has 0 spiro atoms. The van der Waals surface area contributed by atoms with Crippen molar-refractivity contribution in [3.05, 3.63) is 70.5 Å². The van der Waals surface area contributed by atoms with Crippen molar-refractivity contribution in [3.8, 4) is 0 Å². The van der Waals surface area contributed by atoms with E-state index in [9.17, 15) is 9.18 Å². The van der Waals surface area contributed by atoms with Gasteiger partial charge in [-0.15, -0.1) is 0 Å². The summed E-state index contributed by atoms with van der Waals surface area (Å²) < 4.78 is 14.3. The van der Waals surface area contributed by atoms with Gasteiger partial charge in [0.2, 0.25) is 0 Å². The molecule has 5 heteroatoms. The van der Waals surface area contributed by atoms with E-state index in [2.05, 4.69) is 4.98 Å². The number of rotatable bonds is 2. The van der Waals surface area contributed by atoms with Crippen molar-refractivity contribution in [1.29, 1.82) is 0 Å². The summed E-state index contributed by atoms with van der Waals surface area (Å²) >= 11 is 0. The third kappa shape index (κ3) is 2.25. The van der Waals surface area contributed by atoms with Gasteiger partial charge in [0.25, 0.3) is 5.56 Å². The van der Waals surface area contributed by atoms with Crippen molar-refractivity contribution < 1.29 is 4.39 Å². The zero-order chi connectivity index (χ0) is 14.1. The van der Waals surface area contributed by atoms with Crippen molar-refractivity contribution in [2.45, 2.75) is 6.54 Å². The fourth-order valence-corrected chi connectivity index (χ4v) is 2.08. The number of hydrogen-bond acceptors (Lipinski definition) is 3. The van der Waals surface area contributed by atoms with Crippen LogP contribution in [0.3, 0.4) is 0 Å². The van der Waals surface area contributed by atoms with Crippen LogP contribution in [0.1, 0.15) is 5.56 Å². The van der Waals surface area contributed by atoms with Gasteiger partial charge in [-0.2, -0.15) is 0 Å². The third-order valence-corrected chi connectivity index (χ3v) is 3.11. The number of benzene rings is 2. The Morgan fingerprint density at radius 2 is 1.90 bits per heavy atom. The van der Waals surface area contributed by atoms with Gasteiger partial charge in [-0.25, -0.2) is 9.37 Å². The predicted molar refractivity (Wildman–Crippen MR) is 75.9 cm³/mol. The molecule has 1 aromatic heterocycles. The van der Waals surface area contributed by atoms with Gasteiger partial charge >= 0.3 is 0 Å². The summed E-state index contributed by atoms with van der Waals surface area (Å²) in [5, 5.41) is 0.481. The highest BCUT2D eigenvalue weighted by Gasteiger charge is 2.05. The molecular formula is C15H12FN3O. The van der Waals surface area contributed by atoms with E-state index >= 15 is 0 Å². The number of halogens is 1. The molecule has 0 bridgehead atoms. The first-order valence-corrected chi connectivity index (χ1v) is 6.12. The highest BCUT2D eigenvalue weighted by Crippen LogP contribution is 2.11. The summed E-state index contributed by atoms with van der Waals surface area (Å²) in [6.45, 7) is 0.344. The first kappa shape index (κ1) is 12.3. The number of aromatic nitrogens is 2. The van der Waals surface area contributed by atoms with Crippen LogP contribution in [0.4, 0.5) is 10.1 Å². The molecule has 3 aromatic rings. The Balaban J connectivity index is 2.06. The molecule has 0 radical (unpaired) electrons. The van der Waals surface area contributed by atoms with Gasteiger partial charge < -0.3 is 5.73 Å². The summed E-state index contributed by atoms with van der Waals surface area (Å²) in [6.07, 6.45) is 1.49. The van der Waals surface area contributed by atoms with Crippen LogP contribution in [-0.4, -0.2) is 9.55 Å². The summed E-state index contributed by atoms with van der Waals surface area (Å²) in [7, 11) is 0. The Morgan fingerprint density at radius 3 is 2.65 bits per heavy atom. The van der Waals surface area contributed by atoms with E-state index in [1.165, 1.54) is 23.0 Å². The Morgan fingerprint density at radius 1 is 1.15 bits per heavy atom. The zero-order valence-corrected chi connectivity index (χ0v) is 10.6. The van der Waals surface area contributed by atoms with Gasteiger partial charge in [-0.1, -0.05) is 12.1 Å². The molecule has 2 N–H and O–H groups in total. The van der Waals surface area contributed by atoms with Gasteiger partial charge in [-0.3, -0.25) is 9.36 Å². The van der Waals surface area contributed by atoms with Gasteiger partial charge in [0, 0.05) is 5.69 Å². The molecular weight excluding hydrogens is 257 g/mol. The van der Waals surface area contributed by atoms with Crippen LogP contribution in [0.2, 0.25) is 0 Å². The number of nitrogens with two attached hydrogens (primary N) is 1. The SMILES string of the molecule is Nc1ccc2ncn(Cc3ccc(F)cc3)c(=O)c2c1. The molecule has 3 rings (SSSR count). The monoisotopic (exact) mass is 269 g/mol. The third-order valence-electron chi connectivity index (χ3n) is 3.11. The minimum atomic E-state index is -0.300. The predicted octanol–water partition coefficient (Wildman–Crippen LogP) is 2.17. The highest BCUT2D eigenvalue weighted by molar-refractivity contribution is 5.80. The summed E-state index contributed by atoms with van der Waals surface area (Å²) in [5.74, 6) is -0.300. The fourth-order valence-electron chi connectivity index (χ4n) is 2.08. The molecule has 0 aliphatic rings. The second-order valence-corrected chi connectivity index (χ2v) is 4.58. The number of nitrogens with zero attached hydrogens (tertiary/aromatic N) is 2. The van der Waals surface area contributed by atoms with Crippen LogP contribution in [0.5, 0.6) is 0 Å². The Labute approximate surface area is 114 Å². The molecule has 0 saturated heterocycles. The van der Waals surface area contributed by atoms with Crippen molar-refractivity contribution >= 4 is 16.6 Å². The maximum Gasteiger partial charge on any atom is 0.261 e. The fraction of sp³-hybridized carbons (Fsp3) is 0.0667. The van der Waals surface area contributed by atoms with E-state index < -0.39 is 0 Å². The van der Waals surface area contributed by atoms with Crippen LogP contribution in [-0.2, 0) is 6.54 Å². The standard InChI is InChI=1S/C15H12FN3O/c16-11-3-1-10(2-4-11)8-19-9-18-14-6-5-12(17)7-13(14)15(19)20/h1-7,9H,8,17H2. The van der Waals surface area contributed by atoms with E-state index in [0.29, 0.717) is 23.1 Å². The van der Waals surface area contributed by atoms with Crippen molar-refractivity contribution in [2.24, 2.45) is 0 Å². The van der Waals surface area contributed by atoms with Gasteiger partial charge in [0.15, 0.2) is 0 Å². The summed E-state index contributed by atoms with van der Waals surface area (Å²) in [5.41, 5.74) is 7.50. The minimum Gasteiger partial charge on any atom is -0.399 e. The van der Waals surface area contributed by atoms with E-state index in [1.54, 1.807) is 30.3 Å². The Bertz CT molecular complexity index is 825. The van der Waals surface area contributed by atoms with Crippen LogP contribution >= 0.6 is 0 Å². The molecule has 20 heavy (non-hydrogen) atoms. The average Bonchev–Trinajstić information content (AvgIpc) is 2.45. The summed E-state index contributed by atoms with van der Waals surface area (Å²) in [6, 6.07) is 11.1. The van der Waals surface area contributed by atoms with Crippen LogP contribution in [0.25, 0.3) is 10.9 Å². The molecule has 0 aliphatic carbocycles. The molecule has 0 unspecified atom stereocenters. The Hall–Kier alpha value is -2.69. The first-order chi connectivity index (χ1) is 9.63. The van der Waals surface area contributed by atoms with E-state index in [4.69, 9.17) is 5.73 Å². The van der Waals surface area contributed by atoms with E-state index in [0.717, 1.165) is 5.56 Å². The molecule has 0 fully saturated rings. The number of anilines is 1. The van der Waals surface area contributed by atoms with Gasteiger partial charge in [0.1, 0.15) is 5.82 Å². The van der Waals surface area contributed by atoms with Crippen LogP contribution in [0, 0.1) is 5.82 Å². The smallest absolute Gasteiger partial charge is 0.261 e. The minimum absolute atomic E-state index is 0.161. The summed E-state index contributed by atoms with van der Waals surface area (Å²) in [4.78, 5) is 16.6. The lowest BCUT2D eigenvalue weighted by molar-refractivity contribution is 0.626. The topological polar surface area (TPSA) is 60.9 Å². The molecule has 2 aromatic carbocycles. The van der Waals surface area contributed by atoms with Crippen molar-refractivity contribution in [3.63, 3.8) is 0 Å². The van der Waals surface area contributed by atoms with Crippen molar-refractivity contribution in [2.75, 3.05) is 5.73 Å². The maximum absolute atomic E-state index is 12.9. The second-order valence-electron chi connectivity index (χ2n) is 4.58. The number of fused-ring (bicyclic) bond motifs is 1. The quantitative estimate of drug-likeness (QED) is 0.725. The second kappa shape index (κ2) is 4.77. The molecule has 0 aliphatic heterocycles. The normalized spacial score (nSPS) is 10.8.